The van der Waals surface area contributed by atoms with Gasteiger partial charge < -0.3 is 10.1 Å². The Labute approximate surface area is 79.2 Å². The van der Waals surface area contributed by atoms with Crippen LogP contribution in [-0.2, 0) is 9.53 Å². The highest BCUT2D eigenvalue weighted by Gasteiger charge is 2.30. The molecule has 0 aromatic carbocycles. The molecule has 0 spiro atoms. The smallest absolute Gasteiger partial charge is 0.225 e. The van der Waals surface area contributed by atoms with E-state index < -0.39 is 0 Å². The van der Waals surface area contributed by atoms with Crippen LogP contribution >= 0.6 is 0 Å². The van der Waals surface area contributed by atoms with Gasteiger partial charge in [-0.15, -0.1) is 6.58 Å². The Hall–Kier alpha value is -0.830. The minimum atomic E-state index is 0.0461. The lowest BCUT2D eigenvalue weighted by molar-refractivity contribution is -0.126. The molecule has 0 aliphatic carbocycles. The highest BCUT2D eigenvalue weighted by molar-refractivity contribution is 5.79. The van der Waals surface area contributed by atoms with Crippen LogP contribution in [0.25, 0.3) is 0 Å². The van der Waals surface area contributed by atoms with Crippen LogP contribution in [0.4, 0.5) is 0 Å². The average Bonchev–Trinajstić information content (AvgIpc) is 2.52. The second kappa shape index (κ2) is 5.02. The van der Waals surface area contributed by atoms with Crippen molar-refractivity contribution in [2.24, 2.45) is 5.92 Å². The Morgan fingerprint density at radius 1 is 1.77 bits per heavy atom. The van der Waals surface area contributed by atoms with Gasteiger partial charge in [-0.1, -0.05) is 6.08 Å². The van der Waals surface area contributed by atoms with Crippen molar-refractivity contribution in [3.05, 3.63) is 12.7 Å². The number of carbonyl (C=O) groups excluding carboxylic acids is 1. The minimum absolute atomic E-state index is 0.0461. The standard InChI is InChI=1S/C10H17NO2/c1-3-4-6-11-10(12)9-5-7-13-8(9)2/h3,8-9H,1,4-7H2,2H3,(H,11,12). The van der Waals surface area contributed by atoms with Crippen molar-refractivity contribution >= 4 is 5.91 Å². The van der Waals surface area contributed by atoms with Gasteiger partial charge in [0.05, 0.1) is 12.0 Å². The predicted molar refractivity (Wildman–Crippen MR) is 51.3 cm³/mol. The zero-order valence-corrected chi connectivity index (χ0v) is 8.08. The normalized spacial score (nSPS) is 27.2. The summed E-state index contributed by atoms with van der Waals surface area (Å²) in [4.78, 5) is 11.5. The fourth-order valence-corrected chi connectivity index (χ4v) is 1.50. The van der Waals surface area contributed by atoms with Gasteiger partial charge in [0.15, 0.2) is 0 Å². The van der Waals surface area contributed by atoms with Crippen LogP contribution in [-0.4, -0.2) is 25.2 Å². The van der Waals surface area contributed by atoms with Gasteiger partial charge in [-0.05, 0) is 19.8 Å². The molecule has 0 bridgehead atoms. The van der Waals surface area contributed by atoms with Gasteiger partial charge in [-0.25, -0.2) is 0 Å². The summed E-state index contributed by atoms with van der Waals surface area (Å²) in [6.45, 7) is 6.94. The van der Waals surface area contributed by atoms with Gasteiger partial charge in [-0.3, -0.25) is 4.79 Å². The molecule has 1 N–H and O–H groups in total. The van der Waals surface area contributed by atoms with Gasteiger partial charge >= 0.3 is 0 Å². The molecule has 1 aliphatic heterocycles. The van der Waals surface area contributed by atoms with E-state index in [1.54, 1.807) is 6.08 Å². The SMILES string of the molecule is C=CCCNC(=O)C1CCOC1C. The van der Waals surface area contributed by atoms with Crippen LogP contribution in [0.1, 0.15) is 19.8 Å². The summed E-state index contributed by atoms with van der Waals surface area (Å²) in [7, 11) is 0. The fourth-order valence-electron chi connectivity index (χ4n) is 1.50. The number of hydrogen-bond acceptors (Lipinski definition) is 2. The minimum Gasteiger partial charge on any atom is -0.378 e. The number of ether oxygens (including phenoxy) is 1. The van der Waals surface area contributed by atoms with Crippen molar-refractivity contribution in [3.8, 4) is 0 Å². The summed E-state index contributed by atoms with van der Waals surface area (Å²) < 4.78 is 5.31. The van der Waals surface area contributed by atoms with E-state index in [2.05, 4.69) is 11.9 Å². The average molecular weight is 183 g/mol. The first kappa shape index (κ1) is 10.3. The predicted octanol–water partition coefficient (Wildman–Crippen LogP) is 1.10. The van der Waals surface area contributed by atoms with Gasteiger partial charge in [0.2, 0.25) is 5.91 Å². The molecule has 3 nitrogen and oxygen atoms in total. The van der Waals surface area contributed by atoms with Crippen molar-refractivity contribution in [1.29, 1.82) is 0 Å². The molecule has 1 saturated heterocycles. The van der Waals surface area contributed by atoms with Crippen LogP contribution in [0.2, 0.25) is 0 Å². The molecule has 2 atom stereocenters. The van der Waals surface area contributed by atoms with Crippen molar-refractivity contribution in [2.45, 2.75) is 25.9 Å². The molecule has 13 heavy (non-hydrogen) atoms. The third kappa shape index (κ3) is 2.84. The molecule has 1 heterocycles. The van der Waals surface area contributed by atoms with Gasteiger partial charge in [0.25, 0.3) is 0 Å². The van der Waals surface area contributed by atoms with E-state index in [9.17, 15) is 4.79 Å². The molecule has 1 fully saturated rings. The second-order valence-electron chi connectivity index (χ2n) is 3.34. The lowest BCUT2D eigenvalue weighted by Gasteiger charge is -2.13. The second-order valence-corrected chi connectivity index (χ2v) is 3.34. The van der Waals surface area contributed by atoms with Crippen LogP contribution in [0.3, 0.4) is 0 Å². The Morgan fingerprint density at radius 3 is 3.08 bits per heavy atom. The van der Waals surface area contributed by atoms with Crippen LogP contribution in [0.5, 0.6) is 0 Å². The maximum absolute atomic E-state index is 11.5. The van der Waals surface area contributed by atoms with E-state index in [1.165, 1.54) is 0 Å². The zero-order chi connectivity index (χ0) is 9.68. The Balaban J connectivity index is 2.26. The highest BCUT2D eigenvalue weighted by Crippen LogP contribution is 2.20. The molecule has 1 rings (SSSR count). The molecule has 0 saturated carbocycles. The number of amides is 1. The summed E-state index contributed by atoms with van der Waals surface area (Å²) >= 11 is 0. The van der Waals surface area contributed by atoms with Crippen molar-refractivity contribution in [2.75, 3.05) is 13.2 Å². The number of hydrogen-bond donors (Lipinski definition) is 1. The van der Waals surface area contributed by atoms with Crippen LogP contribution in [0.15, 0.2) is 12.7 Å². The number of nitrogens with one attached hydrogen (secondary N) is 1. The summed E-state index contributed by atoms with van der Waals surface area (Å²) in [5.41, 5.74) is 0. The van der Waals surface area contributed by atoms with E-state index in [0.29, 0.717) is 13.2 Å². The molecular weight excluding hydrogens is 166 g/mol. The fraction of sp³-hybridized carbons (Fsp3) is 0.700. The maximum atomic E-state index is 11.5. The van der Waals surface area contributed by atoms with Gasteiger partial charge in [0.1, 0.15) is 0 Å². The van der Waals surface area contributed by atoms with Crippen molar-refractivity contribution in [3.63, 3.8) is 0 Å². The van der Waals surface area contributed by atoms with Crippen LogP contribution in [0, 0.1) is 5.92 Å². The first-order chi connectivity index (χ1) is 6.25. The van der Waals surface area contributed by atoms with E-state index in [4.69, 9.17) is 4.74 Å². The van der Waals surface area contributed by atoms with E-state index in [1.807, 2.05) is 6.92 Å². The summed E-state index contributed by atoms with van der Waals surface area (Å²) in [6.07, 6.45) is 3.55. The monoisotopic (exact) mass is 183 g/mol. The van der Waals surface area contributed by atoms with Crippen molar-refractivity contribution in [1.82, 2.24) is 5.32 Å². The first-order valence-electron chi connectivity index (χ1n) is 4.76. The quantitative estimate of drug-likeness (QED) is 0.523. The molecule has 2 unspecified atom stereocenters. The molecule has 0 radical (unpaired) electrons. The Kier molecular flexibility index (Phi) is 3.96. The molecule has 1 amide bonds. The lowest BCUT2D eigenvalue weighted by Crippen LogP contribution is -2.34. The highest BCUT2D eigenvalue weighted by atomic mass is 16.5. The summed E-state index contributed by atoms with van der Waals surface area (Å²) in [5.74, 6) is 0.164. The first-order valence-corrected chi connectivity index (χ1v) is 4.76. The van der Waals surface area contributed by atoms with Gasteiger partial charge in [0, 0.05) is 13.2 Å². The molecule has 1 aliphatic rings. The topological polar surface area (TPSA) is 38.3 Å². The van der Waals surface area contributed by atoms with Crippen molar-refractivity contribution < 1.29 is 9.53 Å². The third-order valence-electron chi connectivity index (χ3n) is 2.36. The largest absolute Gasteiger partial charge is 0.378 e. The molecular formula is C10H17NO2. The molecule has 0 aromatic rings. The Bertz CT molecular complexity index is 191. The molecule has 0 aromatic heterocycles. The lowest BCUT2D eigenvalue weighted by atomic mass is 10.0. The van der Waals surface area contributed by atoms with Gasteiger partial charge in [-0.2, -0.15) is 0 Å². The van der Waals surface area contributed by atoms with E-state index in [-0.39, 0.29) is 17.9 Å². The summed E-state index contributed by atoms with van der Waals surface area (Å²) in [6, 6.07) is 0. The zero-order valence-electron chi connectivity index (χ0n) is 8.08. The molecule has 3 heteroatoms. The number of rotatable bonds is 4. The third-order valence-corrected chi connectivity index (χ3v) is 2.36. The molecule has 74 valence electrons. The number of carbonyl (C=O) groups is 1. The van der Waals surface area contributed by atoms with E-state index in [0.717, 1.165) is 12.8 Å². The van der Waals surface area contributed by atoms with E-state index >= 15 is 0 Å². The Morgan fingerprint density at radius 2 is 2.54 bits per heavy atom. The summed E-state index contributed by atoms with van der Waals surface area (Å²) in [5, 5.41) is 2.87. The maximum Gasteiger partial charge on any atom is 0.225 e. The van der Waals surface area contributed by atoms with Crippen LogP contribution < -0.4 is 5.32 Å².